The first kappa shape index (κ1) is 12.1. The first-order valence-electron chi connectivity index (χ1n) is 6.16. The Hall–Kier alpha value is -0.350. The van der Waals surface area contributed by atoms with Gasteiger partial charge < -0.3 is 9.80 Å². The van der Waals surface area contributed by atoms with Gasteiger partial charge in [-0.05, 0) is 39.4 Å². The Labute approximate surface area is 104 Å². The van der Waals surface area contributed by atoms with E-state index in [0.717, 1.165) is 31.3 Å². The van der Waals surface area contributed by atoms with E-state index >= 15 is 0 Å². The molecule has 0 aliphatic carbocycles. The van der Waals surface area contributed by atoms with Crippen LogP contribution < -0.4 is 0 Å². The molecule has 0 aromatic rings. The van der Waals surface area contributed by atoms with Crippen LogP contribution >= 0.6 is 12.2 Å². The minimum atomic E-state index is 0.289. The third-order valence-corrected chi connectivity index (χ3v) is 4.35. The first-order chi connectivity index (χ1) is 7.39. The summed E-state index contributed by atoms with van der Waals surface area (Å²) in [4.78, 5) is 7.21. The molecule has 0 aromatic carbocycles. The molecule has 3 nitrogen and oxygen atoms in total. The van der Waals surface area contributed by atoms with Crippen molar-refractivity contribution in [2.75, 3.05) is 33.2 Å². The van der Waals surface area contributed by atoms with Crippen LogP contribution in [-0.4, -0.2) is 64.6 Å². The highest BCUT2D eigenvalue weighted by atomic mass is 32.1. The zero-order valence-electron chi connectivity index (χ0n) is 10.9. The first-order valence-corrected chi connectivity index (χ1v) is 6.57. The van der Waals surface area contributed by atoms with Crippen LogP contribution in [0.25, 0.3) is 0 Å². The molecule has 1 atom stereocenters. The highest BCUT2D eigenvalue weighted by Crippen LogP contribution is 2.24. The second kappa shape index (κ2) is 4.15. The minimum absolute atomic E-state index is 0.289. The average Bonchev–Trinajstić information content (AvgIpc) is 2.22. The summed E-state index contributed by atoms with van der Waals surface area (Å²) in [6.45, 7) is 11.4. The molecule has 0 bridgehead atoms. The number of hydrogen-bond acceptors (Lipinski definition) is 2. The lowest BCUT2D eigenvalue weighted by Gasteiger charge is -2.51. The molecule has 2 saturated heterocycles. The maximum Gasteiger partial charge on any atom is 0.171 e. The van der Waals surface area contributed by atoms with Gasteiger partial charge in [0.1, 0.15) is 0 Å². The second-order valence-corrected chi connectivity index (χ2v) is 6.32. The Morgan fingerprint density at radius 2 is 1.88 bits per heavy atom. The highest BCUT2D eigenvalue weighted by Gasteiger charge is 2.36. The van der Waals surface area contributed by atoms with Crippen molar-refractivity contribution in [1.29, 1.82) is 0 Å². The molecule has 16 heavy (non-hydrogen) atoms. The van der Waals surface area contributed by atoms with Crippen molar-refractivity contribution in [1.82, 2.24) is 14.7 Å². The summed E-state index contributed by atoms with van der Waals surface area (Å²) in [5.41, 5.74) is 0.289. The number of fused-ring (bicyclic) bond motifs is 1. The average molecular weight is 241 g/mol. The Morgan fingerprint density at radius 1 is 1.19 bits per heavy atom. The van der Waals surface area contributed by atoms with Crippen molar-refractivity contribution in [2.24, 2.45) is 0 Å². The molecule has 0 saturated carbocycles. The lowest BCUT2D eigenvalue weighted by atomic mass is 9.99. The largest absolute Gasteiger partial charge is 0.352 e. The molecule has 0 aromatic heterocycles. The van der Waals surface area contributed by atoms with Crippen LogP contribution in [0.2, 0.25) is 0 Å². The third-order valence-electron chi connectivity index (χ3n) is 3.80. The van der Waals surface area contributed by atoms with E-state index in [1.165, 1.54) is 6.42 Å². The molecule has 2 fully saturated rings. The minimum Gasteiger partial charge on any atom is -0.352 e. The van der Waals surface area contributed by atoms with Crippen LogP contribution in [-0.2, 0) is 0 Å². The zero-order valence-corrected chi connectivity index (χ0v) is 11.7. The number of thiocarbonyl (C=S) groups is 1. The molecule has 4 heteroatoms. The van der Waals surface area contributed by atoms with Crippen molar-refractivity contribution < 1.29 is 0 Å². The summed E-state index contributed by atoms with van der Waals surface area (Å²) in [5.74, 6) is 0. The maximum atomic E-state index is 5.49. The predicted molar refractivity (Wildman–Crippen MR) is 71.7 cm³/mol. The van der Waals surface area contributed by atoms with Gasteiger partial charge in [-0.2, -0.15) is 0 Å². The summed E-state index contributed by atoms with van der Waals surface area (Å²) < 4.78 is 0. The SMILES string of the molecule is CN1CC[C@@H]2CN(C(C)(C)C)CCN2C1=S. The quantitative estimate of drug-likeness (QED) is 0.593. The smallest absolute Gasteiger partial charge is 0.171 e. The van der Waals surface area contributed by atoms with Gasteiger partial charge >= 0.3 is 0 Å². The van der Waals surface area contributed by atoms with Crippen molar-refractivity contribution in [3.05, 3.63) is 0 Å². The number of piperazine rings is 1. The summed E-state index contributed by atoms with van der Waals surface area (Å²) in [6.07, 6.45) is 1.24. The lowest BCUT2D eigenvalue weighted by Crippen LogP contribution is -2.64. The molecule has 0 spiro atoms. The number of rotatable bonds is 0. The van der Waals surface area contributed by atoms with Crippen LogP contribution in [0.4, 0.5) is 0 Å². The Morgan fingerprint density at radius 3 is 2.50 bits per heavy atom. The number of hydrogen-bond donors (Lipinski definition) is 0. The van der Waals surface area contributed by atoms with Gasteiger partial charge in [0.2, 0.25) is 0 Å². The Kier molecular flexibility index (Phi) is 3.14. The molecule has 0 unspecified atom stereocenters. The van der Waals surface area contributed by atoms with Gasteiger partial charge in [0.05, 0.1) is 0 Å². The highest BCUT2D eigenvalue weighted by molar-refractivity contribution is 7.80. The van der Waals surface area contributed by atoms with Crippen molar-refractivity contribution >= 4 is 17.3 Å². The summed E-state index contributed by atoms with van der Waals surface area (Å²) in [7, 11) is 2.11. The number of nitrogens with zero attached hydrogens (tertiary/aromatic N) is 3. The molecule has 2 rings (SSSR count). The van der Waals surface area contributed by atoms with Gasteiger partial charge in [-0.15, -0.1) is 0 Å². The molecule has 2 aliphatic rings. The van der Waals surface area contributed by atoms with Gasteiger partial charge in [0, 0.05) is 44.8 Å². The Bertz CT molecular complexity index is 284. The van der Waals surface area contributed by atoms with Crippen molar-refractivity contribution in [3.8, 4) is 0 Å². The van der Waals surface area contributed by atoms with Crippen molar-refractivity contribution in [2.45, 2.75) is 38.8 Å². The van der Waals surface area contributed by atoms with Gasteiger partial charge in [-0.1, -0.05) is 0 Å². The molecule has 0 N–H and O–H groups in total. The second-order valence-electron chi connectivity index (χ2n) is 5.96. The molecular weight excluding hydrogens is 218 g/mol. The van der Waals surface area contributed by atoms with Crippen LogP contribution in [0, 0.1) is 0 Å². The van der Waals surface area contributed by atoms with E-state index in [-0.39, 0.29) is 5.54 Å². The third kappa shape index (κ3) is 2.18. The fourth-order valence-electron chi connectivity index (χ4n) is 2.62. The van der Waals surface area contributed by atoms with Gasteiger partial charge in [0.15, 0.2) is 5.11 Å². The Balaban J connectivity index is 2.05. The van der Waals surface area contributed by atoms with E-state index in [0.29, 0.717) is 6.04 Å². The fraction of sp³-hybridized carbons (Fsp3) is 0.917. The lowest BCUT2D eigenvalue weighted by molar-refractivity contribution is 0.0363. The van der Waals surface area contributed by atoms with E-state index in [9.17, 15) is 0 Å². The summed E-state index contributed by atoms with van der Waals surface area (Å²) in [6, 6.07) is 0.636. The molecule has 2 aliphatic heterocycles. The van der Waals surface area contributed by atoms with Gasteiger partial charge in [-0.25, -0.2) is 0 Å². The summed E-state index contributed by atoms with van der Waals surface area (Å²) >= 11 is 5.49. The molecule has 2 heterocycles. The maximum absolute atomic E-state index is 5.49. The molecular formula is C12H23N3S. The van der Waals surface area contributed by atoms with Gasteiger partial charge in [0.25, 0.3) is 0 Å². The monoisotopic (exact) mass is 241 g/mol. The van der Waals surface area contributed by atoms with E-state index < -0.39 is 0 Å². The molecule has 0 amide bonds. The zero-order chi connectivity index (χ0) is 11.9. The van der Waals surface area contributed by atoms with Crippen LogP contribution in [0.5, 0.6) is 0 Å². The van der Waals surface area contributed by atoms with Crippen LogP contribution in [0.1, 0.15) is 27.2 Å². The van der Waals surface area contributed by atoms with E-state index in [1.807, 2.05) is 0 Å². The molecule has 92 valence electrons. The predicted octanol–water partition coefficient (Wildman–Crippen LogP) is 1.39. The normalized spacial score (nSPS) is 28.2. The molecule has 0 radical (unpaired) electrons. The van der Waals surface area contributed by atoms with Crippen LogP contribution in [0.15, 0.2) is 0 Å². The van der Waals surface area contributed by atoms with E-state index in [1.54, 1.807) is 0 Å². The van der Waals surface area contributed by atoms with Gasteiger partial charge in [-0.3, -0.25) is 4.90 Å². The fourth-order valence-corrected chi connectivity index (χ4v) is 2.95. The van der Waals surface area contributed by atoms with E-state index in [4.69, 9.17) is 12.2 Å². The van der Waals surface area contributed by atoms with Crippen molar-refractivity contribution in [3.63, 3.8) is 0 Å². The van der Waals surface area contributed by atoms with E-state index in [2.05, 4.69) is 42.5 Å². The topological polar surface area (TPSA) is 9.72 Å². The summed E-state index contributed by atoms with van der Waals surface area (Å²) in [5, 5.41) is 1.05. The van der Waals surface area contributed by atoms with Crippen LogP contribution in [0.3, 0.4) is 0 Å². The standard InChI is InChI=1S/C12H23N3S/c1-12(2,3)14-7-8-15-10(9-14)5-6-13(4)11(15)16/h10H,5-9H2,1-4H3/t10-/m1/s1.